The van der Waals surface area contributed by atoms with Crippen molar-refractivity contribution < 1.29 is 14.6 Å². The summed E-state index contributed by atoms with van der Waals surface area (Å²) in [5.74, 6) is 0.956. The number of nitrogens with zero attached hydrogens (tertiary/aromatic N) is 6. The minimum absolute atomic E-state index is 0.0751. The molecule has 3 aromatic rings. The Bertz CT molecular complexity index is 1160. The number of rotatable bonds is 7. The van der Waals surface area contributed by atoms with Crippen molar-refractivity contribution in [3.63, 3.8) is 0 Å². The van der Waals surface area contributed by atoms with E-state index in [1.54, 1.807) is 16.7 Å². The van der Waals surface area contributed by atoms with E-state index in [0.29, 0.717) is 18.5 Å². The van der Waals surface area contributed by atoms with Crippen molar-refractivity contribution in [3.05, 3.63) is 30.4 Å². The fourth-order valence-corrected chi connectivity index (χ4v) is 5.18. The number of aliphatic hydroxyl groups is 1. The standard InChI is InChI=1S/C24H33N7O3/c1-15(14-34-3)27-24-25-12-22-19(10-21(31(22)28-24)16-4-6-18(32)7-5-16)17-11-26-30(13-17)20-8-9-29(2)23(20)33/h10-13,15-16,18,20,32H,4-9,14H2,1-3H3,(H,27,28)/t15?,16-,18-,20?. The first-order valence-corrected chi connectivity index (χ1v) is 12.1. The number of hydrogen-bond acceptors (Lipinski definition) is 7. The molecule has 2 atom stereocenters. The van der Waals surface area contributed by atoms with Crippen LogP contribution in [0.1, 0.15) is 56.7 Å². The number of ether oxygens (including phenoxy) is 1. The maximum Gasteiger partial charge on any atom is 0.247 e. The van der Waals surface area contributed by atoms with Crippen molar-refractivity contribution in [1.82, 2.24) is 29.3 Å². The van der Waals surface area contributed by atoms with Gasteiger partial charge in [-0.2, -0.15) is 5.10 Å². The first kappa shape index (κ1) is 22.8. The number of methoxy groups -OCH3 is 1. The van der Waals surface area contributed by atoms with E-state index in [4.69, 9.17) is 9.84 Å². The number of nitrogens with one attached hydrogen (secondary N) is 1. The van der Waals surface area contributed by atoms with Gasteiger partial charge in [0.1, 0.15) is 6.04 Å². The molecule has 1 saturated heterocycles. The lowest BCUT2D eigenvalue weighted by Gasteiger charge is -2.25. The van der Waals surface area contributed by atoms with Crippen molar-refractivity contribution in [2.24, 2.45) is 0 Å². The Kier molecular flexibility index (Phi) is 6.26. The average molecular weight is 468 g/mol. The molecule has 10 nitrogen and oxygen atoms in total. The van der Waals surface area contributed by atoms with Gasteiger partial charge in [0.25, 0.3) is 0 Å². The molecule has 1 amide bonds. The van der Waals surface area contributed by atoms with Gasteiger partial charge >= 0.3 is 0 Å². The topological polar surface area (TPSA) is 110 Å². The molecular formula is C24H33N7O3. The Labute approximate surface area is 198 Å². The molecule has 2 N–H and O–H groups in total. The molecule has 1 aliphatic heterocycles. The molecule has 1 aliphatic carbocycles. The van der Waals surface area contributed by atoms with Crippen molar-refractivity contribution in [2.45, 2.75) is 63.1 Å². The van der Waals surface area contributed by atoms with Gasteiger partial charge in [0.15, 0.2) is 0 Å². The van der Waals surface area contributed by atoms with Gasteiger partial charge in [0, 0.05) is 55.7 Å². The third kappa shape index (κ3) is 4.27. The number of carbonyl (C=O) groups is 1. The van der Waals surface area contributed by atoms with E-state index < -0.39 is 0 Å². The van der Waals surface area contributed by atoms with Crippen molar-refractivity contribution in [2.75, 3.05) is 32.6 Å². The Hall–Kier alpha value is -2.98. The van der Waals surface area contributed by atoms with Crippen molar-refractivity contribution in [1.29, 1.82) is 0 Å². The van der Waals surface area contributed by atoms with Crippen LogP contribution in [-0.2, 0) is 9.53 Å². The van der Waals surface area contributed by atoms with E-state index in [1.165, 1.54) is 0 Å². The smallest absolute Gasteiger partial charge is 0.247 e. The molecular weight excluding hydrogens is 434 g/mol. The van der Waals surface area contributed by atoms with E-state index in [1.807, 2.05) is 37.1 Å². The van der Waals surface area contributed by atoms with Crippen molar-refractivity contribution >= 4 is 17.4 Å². The van der Waals surface area contributed by atoms with E-state index in [-0.39, 0.29) is 24.1 Å². The molecule has 0 bridgehead atoms. The zero-order valence-electron chi connectivity index (χ0n) is 20.0. The number of amides is 1. The summed E-state index contributed by atoms with van der Waals surface area (Å²) in [6, 6.07) is 2.01. The lowest BCUT2D eigenvalue weighted by molar-refractivity contribution is -0.129. The molecule has 34 heavy (non-hydrogen) atoms. The van der Waals surface area contributed by atoms with E-state index >= 15 is 0 Å². The SMILES string of the molecule is COCC(C)Nc1ncc2c(-c3cnn(C4CCN(C)C4=O)c3)cc([C@H]3CC[C@H](O)CC3)n2n1. The zero-order valence-corrected chi connectivity index (χ0v) is 20.0. The highest BCUT2D eigenvalue weighted by Crippen LogP contribution is 2.38. The molecule has 3 aromatic heterocycles. The Morgan fingerprint density at radius 2 is 2.03 bits per heavy atom. The van der Waals surface area contributed by atoms with Gasteiger partial charge in [-0.1, -0.05) is 0 Å². The van der Waals surface area contributed by atoms with Crippen LogP contribution in [0.15, 0.2) is 24.7 Å². The largest absolute Gasteiger partial charge is 0.393 e. The first-order chi connectivity index (χ1) is 16.4. The van der Waals surface area contributed by atoms with Gasteiger partial charge < -0.3 is 20.1 Å². The molecule has 0 spiro atoms. The van der Waals surface area contributed by atoms with Crippen LogP contribution in [-0.4, -0.2) is 79.7 Å². The Balaban J connectivity index is 1.52. The van der Waals surface area contributed by atoms with Gasteiger partial charge in [-0.05, 0) is 45.1 Å². The monoisotopic (exact) mass is 467 g/mol. The highest BCUT2D eigenvalue weighted by atomic mass is 16.5. The van der Waals surface area contributed by atoms with Crippen LogP contribution in [0.5, 0.6) is 0 Å². The molecule has 10 heteroatoms. The van der Waals surface area contributed by atoms with Crippen LogP contribution in [0.2, 0.25) is 0 Å². The lowest BCUT2D eigenvalue weighted by Crippen LogP contribution is -2.24. The second kappa shape index (κ2) is 9.34. The van der Waals surface area contributed by atoms with Crippen LogP contribution >= 0.6 is 0 Å². The van der Waals surface area contributed by atoms with Gasteiger partial charge in [-0.25, -0.2) is 9.50 Å². The summed E-state index contributed by atoms with van der Waals surface area (Å²) >= 11 is 0. The number of aliphatic hydroxyl groups excluding tert-OH is 1. The number of carbonyl (C=O) groups excluding carboxylic acids is 1. The van der Waals surface area contributed by atoms with Crippen LogP contribution < -0.4 is 5.32 Å². The number of fused-ring (bicyclic) bond motifs is 1. The first-order valence-electron chi connectivity index (χ1n) is 12.1. The molecule has 182 valence electrons. The Morgan fingerprint density at radius 3 is 2.74 bits per heavy atom. The minimum Gasteiger partial charge on any atom is -0.393 e. The molecule has 2 fully saturated rings. The van der Waals surface area contributed by atoms with Gasteiger partial charge in [0.2, 0.25) is 11.9 Å². The summed E-state index contributed by atoms with van der Waals surface area (Å²) < 4.78 is 8.99. The minimum atomic E-state index is -0.249. The van der Waals surface area contributed by atoms with E-state index in [2.05, 4.69) is 21.5 Å². The summed E-state index contributed by atoms with van der Waals surface area (Å²) in [5, 5.41) is 22.7. The number of likely N-dealkylation sites (tertiary alicyclic amines) is 1. The molecule has 0 aromatic carbocycles. The molecule has 4 heterocycles. The van der Waals surface area contributed by atoms with Crippen LogP contribution in [0.3, 0.4) is 0 Å². The molecule has 0 radical (unpaired) electrons. The number of anilines is 1. The summed E-state index contributed by atoms with van der Waals surface area (Å²) in [6.07, 6.45) is 9.60. The van der Waals surface area contributed by atoms with Crippen LogP contribution in [0.25, 0.3) is 16.6 Å². The van der Waals surface area contributed by atoms with Gasteiger partial charge in [-0.3, -0.25) is 9.48 Å². The second-order valence-corrected chi connectivity index (χ2v) is 9.64. The van der Waals surface area contributed by atoms with E-state index in [0.717, 1.165) is 61.0 Å². The summed E-state index contributed by atoms with van der Waals surface area (Å²) in [7, 11) is 3.51. The second-order valence-electron chi connectivity index (χ2n) is 9.64. The maximum atomic E-state index is 12.5. The highest BCUT2D eigenvalue weighted by molar-refractivity contribution is 5.83. The van der Waals surface area contributed by atoms with Gasteiger partial charge in [0.05, 0.1) is 30.6 Å². The number of hydrogen-bond donors (Lipinski definition) is 2. The third-order valence-corrected chi connectivity index (χ3v) is 7.08. The van der Waals surface area contributed by atoms with Gasteiger partial charge in [-0.15, -0.1) is 5.10 Å². The number of aromatic nitrogens is 5. The van der Waals surface area contributed by atoms with Crippen LogP contribution in [0, 0.1) is 0 Å². The molecule has 1 saturated carbocycles. The predicted octanol–water partition coefficient (Wildman–Crippen LogP) is 2.46. The van der Waals surface area contributed by atoms with Crippen LogP contribution in [0.4, 0.5) is 5.95 Å². The maximum absolute atomic E-state index is 12.5. The lowest BCUT2D eigenvalue weighted by atomic mass is 9.85. The molecule has 5 rings (SSSR count). The summed E-state index contributed by atoms with van der Waals surface area (Å²) in [4.78, 5) is 18.8. The molecule has 2 unspecified atom stereocenters. The predicted molar refractivity (Wildman–Crippen MR) is 128 cm³/mol. The fraction of sp³-hybridized carbons (Fsp3) is 0.583. The third-order valence-electron chi connectivity index (χ3n) is 7.08. The van der Waals surface area contributed by atoms with Crippen molar-refractivity contribution in [3.8, 4) is 11.1 Å². The van der Waals surface area contributed by atoms with E-state index in [9.17, 15) is 9.90 Å². The molecule has 2 aliphatic rings. The fourth-order valence-electron chi connectivity index (χ4n) is 5.18. The normalized spacial score (nSPS) is 24.2. The highest BCUT2D eigenvalue weighted by Gasteiger charge is 2.32. The quantitative estimate of drug-likeness (QED) is 0.549. The Morgan fingerprint density at radius 1 is 1.24 bits per heavy atom. The summed E-state index contributed by atoms with van der Waals surface area (Å²) in [6.45, 7) is 3.33. The summed E-state index contributed by atoms with van der Waals surface area (Å²) in [5.41, 5.74) is 3.97. The average Bonchev–Trinajstić information content (AvgIpc) is 3.52. The zero-order chi connectivity index (χ0) is 23.8. The number of likely N-dealkylation sites (N-methyl/N-ethyl adjacent to an activating group) is 1.